The lowest BCUT2D eigenvalue weighted by molar-refractivity contribution is -0.137. The third-order valence-corrected chi connectivity index (χ3v) is 6.29. The van der Waals surface area contributed by atoms with Gasteiger partial charge in [-0.05, 0) is 49.8 Å². The van der Waals surface area contributed by atoms with Gasteiger partial charge in [-0.25, -0.2) is 0 Å². The first-order valence-electron chi connectivity index (χ1n) is 11.9. The molecule has 0 saturated carbocycles. The number of aliphatic carboxylic acids is 2. The molecule has 0 radical (unpaired) electrons. The minimum atomic E-state index is -0.876. The molecule has 2 unspecified atom stereocenters. The number of benzene rings is 1. The second-order valence-electron chi connectivity index (χ2n) is 8.05. The van der Waals surface area contributed by atoms with Crippen LogP contribution >= 0.6 is 11.8 Å². The highest BCUT2D eigenvalue weighted by Crippen LogP contribution is 2.29. The zero-order chi connectivity index (χ0) is 25.0. The summed E-state index contributed by atoms with van der Waals surface area (Å²) in [4.78, 5) is 22.6. The van der Waals surface area contributed by atoms with Gasteiger partial charge in [0.1, 0.15) is 0 Å². The Morgan fingerprint density at radius 1 is 0.912 bits per heavy atom. The maximum absolute atomic E-state index is 10.9. The Bertz CT molecular complexity index is 824. The number of allylic oxidation sites excluding steroid dienone is 7. The van der Waals surface area contributed by atoms with Gasteiger partial charge in [0.25, 0.3) is 0 Å². The van der Waals surface area contributed by atoms with Gasteiger partial charge < -0.3 is 15.3 Å². The molecular formula is C28H38O5S. The summed E-state index contributed by atoms with van der Waals surface area (Å²) in [6.07, 6.45) is 22.1. The van der Waals surface area contributed by atoms with Gasteiger partial charge in [0.15, 0.2) is 0 Å². The summed E-state index contributed by atoms with van der Waals surface area (Å²) in [6.45, 7) is 2.20. The van der Waals surface area contributed by atoms with Crippen molar-refractivity contribution in [1.29, 1.82) is 0 Å². The van der Waals surface area contributed by atoms with Gasteiger partial charge in [0.2, 0.25) is 0 Å². The standard InChI is InChI=1S/C28H38O5S/c1-2-3-4-5-6-7-8-9-10-11-12-13-16-26(25(29)15-14-17-27(30)31)34-24-20-18-23(19-21-24)22-28(32)33/h6-7,9-13,16,18-21,25-26,29H,2-5,8,14-15,17,22H2,1H3,(H,30,31)(H,32,33)/b7-6-,10-9-,12-11+,16-13+. The van der Waals surface area contributed by atoms with E-state index in [2.05, 4.69) is 25.2 Å². The first-order chi connectivity index (χ1) is 16.4. The fraction of sp³-hybridized carbons (Fsp3) is 0.429. The van der Waals surface area contributed by atoms with Gasteiger partial charge in [-0.1, -0.05) is 80.5 Å². The largest absolute Gasteiger partial charge is 0.481 e. The van der Waals surface area contributed by atoms with E-state index in [4.69, 9.17) is 10.2 Å². The van der Waals surface area contributed by atoms with E-state index in [-0.39, 0.29) is 18.1 Å². The van der Waals surface area contributed by atoms with Crippen LogP contribution in [0.5, 0.6) is 0 Å². The maximum Gasteiger partial charge on any atom is 0.307 e. The van der Waals surface area contributed by atoms with Crippen LogP contribution in [0.1, 0.15) is 63.9 Å². The molecule has 34 heavy (non-hydrogen) atoms. The Hall–Kier alpha value is -2.57. The van der Waals surface area contributed by atoms with Crippen LogP contribution < -0.4 is 0 Å². The van der Waals surface area contributed by atoms with E-state index < -0.39 is 18.0 Å². The lowest BCUT2D eigenvalue weighted by Crippen LogP contribution is -2.21. The minimum absolute atomic E-state index is 0.0276. The predicted molar refractivity (Wildman–Crippen MR) is 140 cm³/mol. The molecule has 2 atom stereocenters. The van der Waals surface area contributed by atoms with Crippen molar-refractivity contribution in [3.63, 3.8) is 0 Å². The van der Waals surface area contributed by atoms with Crippen LogP contribution in [-0.4, -0.2) is 38.6 Å². The Labute approximate surface area is 208 Å². The Kier molecular flexibility index (Phi) is 16.3. The smallest absolute Gasteiger partial charge is 0.307 e. The zero-order valence-electron chi connectivity index (χ0n) is 20.0. The van der Waals surface area contributed by atoms with E-state index in [1.54, 1.807) is 12.1 Å². The van der Waals surface area contributed by atoms with Crippen LogP contribution in [0.15, 0.2) is 77.8 Å². The summed E-state index contributed by atoms with van der Waals surface area (Å²) in [5, 5.41) is 28.2. The summed E-state index contributed by atoms with van der Waals surface area (Å²) < 4.78 is 0. The number of thioether (sulfide) groups is 1. The second kappa shape index (κ2) is 18.8. The Balaban J connectivity index is 2.64. The third kappa shape index (κ3) is 15.3. The van der Waals surface area contributed by atoms with Crippen LogP contribution in [0.4, 0.5) is 0 Å². The molecule has 186 valence electrons. The second-order valence-corrected chi connectivity index (χ2v) is 9.30. The molecule has 3 N–H and O–H groups in total. The van der Waals surface area contributed by atoms with E-state index >= 15 is 0 Å². The molecule has 0 fully saturated rings. The van der Waals surface area contributed by atoms with E-state index in [1.165, 1.54) is 31.0 Å². The van der Waals surface area contributed by atoms with Crippen molar-refractivity contribution in [2.45, 2.75) is 81.0 Å². The monoisotopic (exact) mass is 486 g/mol. The summed E-state index contributed by atoms with van der Waals surface area (Å²) in [6, 6.07) is 7.25. The van der Waals surface area contributed by atoms with Gasteiger partial charge in [0.05, 0.1) is 17.8 Å². The summed E-state index contributed by atoms with van der Waals surface area (Å²) in [5.74, 6) is -1.75. The number of aliphatic hydroxyl groups excluding tert-OH is 1. The topological polar surface area (TPSA) is 94.8 Å². The van der Waals surface area contributed by atoms with Crippen molar-refractivity contribution >= 4 is 23.7 Å². The highest BCUT2D eigenvalue weighted by molar-refractivity contribution is 8.00. The normalized spacial score (nSPS) is 13.9. The van der Waals surface area contributed by atoms with Crippen molar-refractivity contribution in [2.75, 3.05) is 0 Å². The number of carboxylic acids is 2. The first kappa shape index (κ1) is 29.5. The third-order valence-electron chi connectivity index (χ3n) is 5.00. The van der Waals surface area contributed by atoms with Crippen LogP contribution in [0.3, 0.4) is 0 Å². The lowest BCUT2D eigenvalue weighted by atomic mass is 10.1. The van der Waals surface area contributed by atoms with Crippen molar-refractivity contribution in [3.8, 4) is 0 Å². The molecule has 0 spiro atoms. The number of carbonyl (C=O) groups is 2. The zero-order valence-corrected chi connectivity index (χ0v) is 20.8. The molecule has 0 saturated heterocycles. The van der Waals surface area contributed by atoms with Gasteiger partial charge >= 0.3 is 11.9 Å². The SMILES string of the molecule is CCCCC/C=C\C\C=C/C=C/C=C/C(Sc1ccc(CC(=O)O)cc1)C(O)CCCC(=O)O. The quantitative estimate of drug-likeness (QED) is 0.0938. The molecule has 5 nitrogen and oxygen atoms in total. The lowest BCUT2D eigenvalue weighted by Gasteiger charge is -2.19. The molecule has 1 rings (SSSR count). The molecule has 0 aliphatic rings. The van der Waals surface area contributed by atoms with E-state index in [9.17, 15) is 14.7 Å². The average Bonchev–Trinajstić information content (AvgIpc) is 2.79. The molecule has 1 aromatic rings. The molecule has 0 heterocycles. The van der Waals surface area contributed by atoms with Gasteiger partial charge in [-0.15, -0.1) is 11.8 Å². The molecule has 0 aliphatic carbocycles. The summed E-state index contributed by atoms with van der Waals surface area (Å²) >= 11 is 1.47. The molecule has 0 bridgehead atoms. The summed E-state index contributed by atoms with van der Waals surface area (Å²) in [5.41, 5.74) is 0.719. The highest BCUT2D eigenvalue weighted by atomic mass is 32.2. The molecular weight excluding hydrogens is 448 g/mol. The number of hydrogen-bond acceptors (Lipinski definition) is 4. The molecule has 0 aromatic heterocycles. The van der Waals surface area contributed by atoms with Gasteiger partial charge in [0, 0.05) is 11.3 Å². The van der Waals surface area contributed by atoms with Crippen LogP contribution in [-0.2, 0) is 16.0 Å². The highest BCUT2D eigenvalue weighted by Gasteiger charge is 2.18. The number of rotatable bonds is 18. The number of carboxylic acid groups (broad SMARTS) is 2. The molecule has 6 heteroatoms. The Morgan fingerprint density at radius 3 is 2.32 bits per heavy atom. The van der Waals surface area contributed by atoms with Crippen molar-refractivity contribution < 1.29 is 24.9 Å². The van der Waals surface area contributed by atoms with Crippen LogP contribution in [0.2, 0.25) is 0 Å². The number of hydrogen-bond donors (Lipinski definition) is 3. The molecule has 0 aliphatic heterocycles. The predicted octanol–water partition coefficient (Wildman–Crippen LogP) is 6.59. The van der Waals surface area contributed by atoms with Crippen molar-refractivity contribution in [1.82, 2.24) is 0 Å². The van der Waals surface area contributed by atoms with E-state index in [1.807, 2.05) is 42.5 Å². The fourth-order valence-electron chi connectivity index (χ4n) is 3.15. The number of unbranched alkanes of at least 4 members (excludes halogenated alkanes) is 3. The van der Waals surface area contributed by atoms with Crippen molar-refractivity contribution in [3.05, 3.63) is 78.4 Å². The van der Waals surface area contributed by atoms with Crippen molar-refractivity contribution in [2.24, 2.45) is 0 Å². The molecule has 1 aromatic carbocycles. The van der Waals surface area contributed by atoms with Gasteiger partial charge in [-0.3, -0.25) is 9.59 Å². The molecule has 0 amide bonds. The van der Waals surface area contributed by atoms with Crippen LogP contribution in [0, 0.1) is 0 Å². The minimum Gasteiger partial charge on any atom is -0.481 e. The maximum atomic E-state index is 10.9. The fourth-order valence-corrected chi connectivity index (χ4v) is 4.22. The average molecular weight is 487 g/mol. The van der Waals surface area contributed by atoms with E-state index in [0.717, 1.165) is 23.3 Å². The Morgan fingerprint density at radius 2 is 1.65 bits per heavy atom. The number of aliphatic hydroxyl groups is 1. The van der Waals surface area contributed by atoms with Gasteiger partial charge in [-0.2, -0.15) is 0 Å². The summed E-state index contributed by atoms with van der Waals surface area (Å²) in [7, 11) is 0. The van der Waals surface area contributed by atoms with E-state index in [0.29, 0.717) is 12.8 Å². The van der Waals surface area contributed by atoms with Crippen LogP contribution in [0.25, 0.3) is 0 Å². The first-order valence-corrected chi connectivity index (χ1v) is 12.8.